The van der Waals surface area contributed by atoms with Gasteiger partial charge in [-0.3, -0.25) is 0 Å². The minimum atomic E-state index is -0.336. The second-order valence-electron chi connectivity index (χ2n) is 4.63. The lowest BCUT2D eigenvalue weighted by atomic mass is 10.1. The molecule has 0 aliphatic rings. The third-order valence-corrected chi connectivity index (χ3v) is 3.99. The lowest BCUT2D eigenvalue weighted by Gasteiger charge is -2.15. The van der Waals surface area contributed by atoms with Crippen molar-refractivity contribution >= 4 is 27.0 Å². The molecule has 0 N–H and O–H groups in total. The maximum atomic E-state index is 13.5. The number of aromatic nitrogens is 2. The fourth-order valence-corrected chi connectivity index (χ4v) is 2.56. The summed E-state index contributed by atoms with van der Waals surface area (Å²) in [6.07, 6.45) is 1.67. The van der Waals surface area contributed by atoms with E-state index in [1.54, 1.807) is 24.5 Å². The van der Waals surface area contributed by atoms with Gasteiger partial charge >= 0.3 is 0 Å². The lowest BCUT2D eigenvalue weighted by Crippen LogP contribution is -2.05. The number of fused-ring (bicyclic) bond motifs is 1. The summed E-state index contributed by atoms with van der Waals surface area (Å²) in [6.45, 7) is 1.99. The van der Waals surface area contributed by atoms with Crippen LogP contribution in [0.2, 0.25) is 0 Å². The molecule has 2 nitrogen and oxygen atoms in total. The summed E-state index contributed by atoms with van der Waals surface area (Å²) in [7, 11) is 0. The van der Waals surface area contributed by atoms with E-state index in [1.807, 2.05) is 11.5 Å². The number of benzene rings is 2. The zero-order valence-electron chi connectivity index (χ0n) is 10.6. The summed E-state index contributed by atoms with van der Waals surface area (Å²) in [5, 5.41) is 0. The molecule has 0 aliphatic carbocycles. The minimum absolute atomic E-state index is 0.0158. The van der Waals surface area contributed by atoms with Crippen LogP contribution >= 0.6 is 15.9 Å². The van der Waals surface area contributed by atoms with Crippen molar-refractivity contribution in [3.05, 3.63) is 64.4 Å². The number of rotatable bonds is 2. The van der Waals surface area contributed by atoms with Crippen LogP contribution < -0.4 is 0 Å². The third kappa shape index (κ3) is 2.22. The molecule has 3 rings (SSSR count). The molecule has 0 saturated heterocycles. The first kappa shape index (κ1) is 13.2. The van der Waals surface area contributed by atoms with Gasteiger partial charge in [0.2, 0.25) is 0 Å². The average molecular weight is 337 g/mol. The van der Waals surface area contributed by atoms with Gasteiger partial charge in [0, 0.05) is 6.07 Å². The Balaban J connectivity index is 2.09. The van der Waals surface area contributed by atoms with Gasteiger partial charge in [-0.1, -0.05) is 12.1 Å². The SMILES string of the molecule is CC(c1ccc(F)cc1)n1cnc2cc(F)c(Br)cc21. The summed E-state index contributed by atoms with van der Waals surface area (Å²) in [5.41, 5.74) is 2.39. The predicted octanol–water partition coefficient (Wildman–Crippen LogP) is 4.69. The van der Waals surface area contributed by atoms with E-state index in [-0.39, 0.29) is 17.7 Å². The Morgan fingerprint density at radius 3 is 2.55 bits per heavy atom. The van der Waals surface area contributed by atoms with E-state index in [9.17, 15) is 8.78 Å². The average Bonchev–Trinajstić information content (AvgIpc) is 2.82. The van der Waals surface area contributed by atoms with Crippen LogP contribution in [0.25, 0.3) is 11.0 Å². The highest BCUT2D eigenvalue weighted by Crippen LogP contribution is 2.27. The predicted molar refractivity (Wildman–Crippen MR) is 77.6 cm³/mol. The van der Waals surface area contributed by atoms with Crippen LogP contribution in [0.5, 0.6) is 0 Å². The molecule has 1 atom stereocenters. The van der Waals surface area contributed by atoms with Crippen LogP contribution in [-0.4, -0.2) is 9.55 Å². The Bertz CT molecular complexity index is 765. The normalized spacial score (nSPS) is 12.8. The monoisotopic (exact) mass is 336 g/mol. The second kappa shape index (κ2) is 4.98. The smallest absolute Gasteiger partial charge is 0.139 e. The summed E-state index contributed by atoms with van der Waals surface area (Å²) in [6, 6.07) is 9.43. The quantitative estimate of drug-likeness (QED) is 0.664. The van der Waals surface area contributed by atoms with Gasteiger partial charge in [0.05, 0.1) is 27.9 Å². The number of hydrogen-bond acceptors (Lipinski definition) is 1. The van der Waals surface area contributed by atoms with E-state index < -0.39 is 0 Å². The molecule has 0 amide bonds. The molecule has 0 saturated carbocycles. The molecule has 2 aromatic carbocycles. The van der Waals surface area contributed by atoms with E-state index >= 15 is 0 Å². The minimum Gasteiger partial charge on any atom is -0.323 e. The Morgan fingerprint density at radius 2 is 1.85 bits per heavy atom. The van der Waals surface area contributed by atoms with Crippen LogP contribution in [-0.2, 0) is 0 Å². The standard InChI is InChI=1S/C15H11BrF2N2/c1-9(10-2-4-11(17)5-3-10)20-8-19-14-7-13(18)12(16)6-15(14)20/h2-9H,1H3. The molecule has 0 bridgehead atoms. The highest BCUT2D eigenvalue weighted by molar-refractivity contribution is 9.10. The highest BCUT2D eigenvalue weighted by atomic mass is 79.9. The number of imidazole rings is 1. The Kier molecular flexibility index (Phi) is 3.30. The largest absolute Gasteiger partial charge is 0.323 e. The Labute approximate surface area is 123 Å². The second-order valence-corrected chi connectivity index (χ2v) is 5.49. The molecule has 1 unspecified atom stereocenters. The molecule has 0 spiro atoms. The third-order valence-electron chi connectivity index (χ3n) is 3.39. The molecule has 0 aliphatic heterocycles. The molecule has 102 valence electrons. The van der Waals surface area contributed by atoms with Crippen LogP contribution in [0.4, 0.5) is 8.78 Å². The van der Waals surface area contributed by atoms with E-state index in [2.05, 4.69) is 20.9 Å². The summed E-state index contributed by atoms with van der Waals surface area (Å²) in [4.78, 5) is 4.21. The topological polar surface area (TPSA) is 17.8 Å². The first-order chi connectivity index (χ1) is 9.56. The van der Waals surface area contributed by atoms with Crippen molar-refractivity contribution < 1.29 is 8.78 Å². The maximum absolute atomic E-state index is 13.5. The van der Waals surface area contributed by atoms with E-state index in [0.29, 0.717) is 9.99 Å². The summed E-state index contributed by atoms with van der Waals surface area (Å²) < 4.78 is 28.8. The molecule has 3 aromatic rings. The van der Waals surface area contributed by atoms with Gasteiger partial charge in [-0.25, -0.2) is 13.8 Å². The zero-order chi connectivity index (χ0) is 14.3. The Hall–Kier alpha value is -1.75. The molecule has 1 heterocycles. The van der Waals surface area contributed by atoms with E-state index in [1.165, 1.54) is 18.2 Å². The summed E-state index contributed by atoms with van der Waals surface area (Å²) in [5.74, 6) is -0.599. The van der Waals surface area contributed by atoms with Crippen LogP contribution in [0.15, 0.2) is 47.2 Å². The summed E-state index contributed by atoms with van der Waals surface area (Å²) >= 11 is 3.18. The fraction of sp³-hybridized carbons (Fsp3) is 0.133. The first-order valence-electron chi connectivity index (χ1n) is 6.13. The van der Waals surface area contributed by atoms with Crippen molar-refractivity contribution in [3.8, 4) is 0 Å². The number of halogens is 3. The maximum Gasteiger partial charge on any atom is 0.139 e. The molecule has 0 radical (unpaired) electrons. The molecule has 1 aromatic heterocycles. The van der Waals surface area contributed by atoms with Crippen molar-refractivity contribution in [2.45, 2.75) is 13.0 Å². The molecule has 0 fully saturated rings. The van der Waals surface area contributed by atoms with Crippen molar-refractivity contribution in [1.29, 1.82) is 0 Å². The van der Waals surface area contributed by atoms with E-state index in [0.717, 1.165) is 11.1 Å². The van der Waals surface area contributed by atoms with Gasteiger partial charge in [0.25, 0.3) is 0 Å². The van der Waals surface area contributed by atoms with Crippen LogP contribution in [0, 0.1) is 11.6 Å². The van der Waals surface area contributed by atoms with Gasteiger partial charge < -0.3 is 4.57 Å². The highest BCUT2D eigenvalue weighted by Gasteiger charge is 2.13. The van der Waals surface area contributed by atoms with Crippen molar-refractivity contribution in [3.63, 3.8) is 0 Å². The van der Waals surface area contributed by atoms with Gasteiger partial charge in [-0.2, -0.15) is 0 Å². The number of hydrogen-bond donors (Lipinski definition) is 0. The van der Waals surface area contributed by atoms with Gasteiger partial charge in [-0.15, -0.1) is 0 Å². The van der Waals surface area contributed by atoms with Crippen molar-refractivity contribution in [1.82, 2.24) is 9.55 Å². The van der Waals surface area contributed by atoms with Crippen LogP contribution in [0.3, 0.4) is 0 Å². The van der Waals surface area contributed by atoms with Gasteiger partial charge in [0.15, 0.2) is 0 Å². The molecular formula is C15H11BrF2N2. The fourth-order valence-electron chi connectivity index (χ4n) is 2.23. The van der Waals surface area contributed by atoms with E-state index in [4.69, 9.17) is 0 Å². The zero-order valence-corrected chi connectivity index (χ0v) is 12.2. The molecule has 20 heavy (non-hydrogen) atoms. The van der Waals surface area contributed by atoms with Crippen molar-refractivity contribution in [2.75, 3.05) is 0 Å². The molecular weight excluding hydrogens is 326 g/mol. The van der Waals surface area contributed by atoms with Crippen molar-refractivity contribution in [2.24, 2.45) is 0 Å². The Morgan fingerprint density at radius 1 is 1.15 bits per heavy atom. The molecule has 5 heteroatoms. The van der Waals surface area contributed by atoms with Gasteiger partial charge in [0.1, 0.15) is 11.6 Å². The first-order valence-corrected chi connectivity index (χ1v) is 6.92. The van der Waals surface area contributed by atoms with Gasteiger partial charge in [-0.05, 0) is 46.6 Å². The van der Waals surface area contributed by atoms with Crippen LogP contribution in [0.1, 0.15) is 18.5 Å². The lowest BCUT2D eigenvalue weighted by molar-refractivity contribution is 0.618. The number of nitrogens with zero attached hydrogens (tertiary/aromatic N) is 2.